The van der Waals surface area contributed by atoms with E-state index in [2.05, 4.69) is 61.2 Å². The van der Waals surface area contributed by atoms with Gasteiger partial charge in [0.25, 0.3) is 0 Å². The summed E-state index contributed by atoms with van der Waals surface area (Å²) in [5.74, 6) is 0. The second-order valence-electron chi connectivity index (χ2n) is 6.23. The van der Waals surface area contributed by atoms with E-state index in [1.165, 1.54) is 47.2 Å². The van der Waals surface area contributed by atoms with Gasteiger partial charge < -0.3 is 4.90 Å². The molecule has 1 unspecified atom stereocenters. The van der Waals surface area contributed by atoms with Crippen molar-refractivity contribution in [3.05, 3.63) is 64.7 Å². The molecule has 0 fully saturated rings. The highest BCUT2D eigenvalue weighted by Gasteiger charge is 2.17. The summed E-state index contributed by atoms with van der Waals surface area (Å²) >= 11 is 6.73. The molecule has 22 heavy (non-hydrogen) atoms. The fraction of sp³-hybridized carbons (Fsp3) is 0.400. The van der Waals surface area contributed by atoms with Crippen molar-refractivity contribution < 1.29 is 0 Å². The van der Waals surface area contributed by atoms with Crippen molar-refractivity contribution in [3.63, 3.8) is 0 Å². The minimum Gasteiger partial charge on any atom is -0.370 e. The Labute approximate surface area is 138 Å². The Balaban J connectivity index is 1.76. The van der Waals surface area contributed by atoms with Crippen molar-refractivity contribution >= 4 is 17.3 Å². The van der Waals surface area contributed by atoms with Gasteiger partial charge in [-0.3, -0.25) is 0 Å². The highest BCUT2D eigenvalue weighted by atomic mass is 35.5. The third-order valence-electron chi connectivity index (χ3n) is 4.61. The zero-order chi connectivity index (χ0) is 15.5. The third kappa shape index (κ3) is 3.30. The summed E-state index contributed by atoms with van der Waals surface area (Å²) in [5.41, 5.74) is 6.82. The first-order valence-electron chi connectivity index (χ1n) is 8.24. The van der Waals surface area contributed by atoms with Crippen molar-refractivity contribution in [2.24, 2.45) is 0 Å². The van der Waals surface area contributed by atoms with Gasteiger partial charge in [0.1, 0.15) is 0 Å². The van der Waals surface area contributed by atoms with Crippen LogP contribution in [-0.4, -0.2) is 13.1 Å². The molecule has 1 aliphatic carbocycles. The van der Waals surface area contributed by atoms with Crippen molar-refractivity contribution in [2.75, 3.05) is 18.0 Å². The van der Waals surface area contributed by atoms with Gasteiger partial charge in [0.2, 0.25) is 0 Å². The summed E-state index contributed by atoms with van der Waals surface area (Å²) < 4.78 is 0. The van der Waals surface area contributed by atoms with Crippen molar-refractivity contribution in [2.45, 2.75) is 38.5 Å². The molecule has 0 saturated carbocycles. The average molecular weight is 314 g/mol. The molecule has 1 aliphatic rings. The minimum absolute atomic E-state index is 0.0337. The number of nitrogens with zero attached hydrogens (tertiary/aromatic N) is 1. The molecule has 0 aliphatic heterocycles. The smallest absolute Gasteiger partial charge is 0.0760 e. The van der Waals surface area contributed by atoms with Crippen LogP contribution in [0.15, 0.2) is 42.5 Å². The van der Waals surface area contributed by atoms with Gasteiger partial charge in [0, 0.05) is 18.8 Å². The lowest BCUT2D eigenvalue weighted by Gasteiger charge is -2.26. The van der Waals surface area contributed by atoms with Crippen LogP contribution in [0.25, 0.3) is 0 Å². The summed E-state index contributed by atoms with van der Waals surface area (Å²) in [6, 6.07) is 15.5. The fourth-order valence-electron chi connectivity index (χ4n) is 3.33. The second kappa shape index (κ2) is 6.75. The van der Waals surface area contributed by atoms with Crippen LogP contribution in [0.5, 0.6) is 0 Å². The van der Waals surface area contributed by atoms with Crippen LogP contribution in [0.3, 0.4) is 0 Å². The maximum absolute atomic E-state index is 6.73. The number of rotatable bonds is 5. The number of fused-ring (bicyclic) bond motifs is 1. The second-order valence-corrected chi connectivity index (χ2v) is 6.75. The van der Waals surface area contributed by atoms with Gasteiger partial charge in [0.05, 0.1) is 5.38 Å². The van der Waals surface area contributed by atoms with Crippen molar-refractivity contribution in [1.82, 2.24) is 0 Å². The fourth-order valence-corrected chi connectivity index (χ4v) is 3.63. The Morgan fingerprint density at radius 2 is 1.91 bits per heavy atom. The van der Waals surface area contributed by atoms with Crippen LogP contribution in [0.4, 0.5) is 5.69 Å². The normalized spacial score (nSPS) is 14.7. The molecule has 1 nitrogen and oxygen atoms in total. The maximum atomic E-state index is 6.73. The quantitative estimate of drug-likeness (QED) is 0.678. The minimum atomic E-state index is 0.0337. The molecule has 1 atom stereocenters. The molecule has 3 rings (SSSR count). The SMILES string of the molecule is CCN(CC(Cl)c1ccc2c(c1)CCC2)c1cccc(C)c1. The van der Waals surface area contributed by atoms with Gasteiger partial charge in [-0.1, -0.05) is 30.3 Å². The molecule has 0 aromatic heterocycles. The first kappa shape index (κ1) is 15.4. The first-order valence-corrected chi connectivity index (χ1v) is 8.68. The average Bonchev–Trinajstić information content (AvgIpc) is 2.99. The topological polar surface area (TPSA) is 3.24 Å². The van der Waals surface area contributed by atoms with E-state index in [0.29, 0.717) is 0 Å². The van der Waals surface area contributed by atoms with E-state index in [4.69, 9.17) is 11.6 Å². The van der Waals surface area contributed by atoms with Crippen molar-refractivity contribution in [1.29, 1.82) is 0 Å². The molecule has 0 N–H and O–H groups in total. The van der Waals surface area contributed by atoms with Crippen LogP contribution >= 0.6 is 11.6 Å². The van der Waals surface area contributed by atoms with E-state index in [1.807, 2.05) is 0 Å². The Hall–Kier alpha value is -1.47. The number of halogens is 1. The molecule has 0 bridgehead atoms. The number of hydrogen-bond acceptors (Lipinski definition) is 1. The summed E-state index contributed by atoms with van der Waals surface area (Å²) in [7, 11) is 0. The number of anilines is 1. The Bertz CT molecular complexity index is 650. The molecule has 2 aromatic rings. The van der Waals surface area contributed by atoms with Crippen LogP contribution < -0.4 is 4.90 Å². The molecular formula is C20H24ClN. The van der Waals surface area contributed by atoms with Crippen LogP contribution in [0.1, 0.15) is 41.0 Å². The van der Waals surface area contributed by atoms with Crippen LogP contribution in [-0.2, 0) is 12.8 Å². The van der Waals surface area contributed by atoms with E-state index in [9.17, 15) is 0 Å². The summed E-state index contributed by atoms with van der Waals surface area (Å²) in [6.45, 7) is 6.14. The Kier molecular flexibility index (Phi) is 4.73. The number of likely N-dealkylation sites (N-methyl/N-ethyl adjacent to an activating group) is 1. The largest absolute Gasteiger partial charge is 0.370 e. The highest BCUT2D eigenvalue weighted by molar-refractivity contribution is 6.21. The number of benzene rings is 2. The predicted octanol–water partition coefficient (Wildman–Crippen LogP) is 5.29. The van der Waals surface area contributed by atoms with Gasteiger partial charge in [-0.05, 0) is 67.5 Å². The van der Waals surface area contributed by atoms with E-state index in [-0.39, 0.29) is 5.38 Å². The van der Waals surface area contributed by atoms with E-state index >= 15 is 0 Å². The lowest BCUT2D eigenvalue weighted by molar-refractivity contribution is 0.789. The molecule has 0 radical (unpaired) electrons. The summed E-state index contributed by atoms with van der Waals surface area (Å²) in [5, 5.41) is 0.0337. The van der Waals surface area contributed by atoms with Gasteiger partial charge in [0.15, 0.2) is 0 Å². The van der Waals surface area contributed by atoms with Gasteiger partial charge >= 0.3 is 0 Å². The number of aryl methyl sites for hydroxylation is 3. The maximum Gasteiger partial charge on any atom is 0.0760 e. The van der Waals surface area contributed by atoms with Gasteiger partial charge in [-0.2, -0.15) is 0 Å². The lowest BCUT2D eigenvalue weighted by atomic mass is 10.0. The van der Waals surface area contributed by atoms with Crippen LogP contribution in [0.2, 0.25) is 0 Å². The monoisotopic (exact) mass is 313 g/mol. The predicted molar refractivity (Wildman–Crippen MR) is 96.1 cm³/mol. The van der Waals surface area contributed by atoms with Gasteiger partial charge in [-0.15, -0.1) is 11.6 Å². The highest BCUT2D eigenvalue weighted by Crippen LogP contribution is 2.29. The molecule has 2 heteroatoms. The molecular weight excluding hydrogens is 290 g/mol. The molecule has 116 valence electrons. The summed E-state index contributed by atoms with van der Waals surface area (Å²) in [6.07, 6.45) is 3.73. The standard InChI is InChI=1S/C20H24ClN/c1-3-22(19-9-4-6-15(2)12-19)14-20(21)18-11-10-16-7-5-8-17(16)13-18/h4,6,9-13,20H,3,5,7-8,14H2,1-2H3. The summed E-state index contributed by atoms with van der Waals surface area (Å²) in [4.78, 5) is 2.36. The van der Waals surface area contributed by atoms with E-state index < -0.39 is 0 Å². The van der Waals surface area contributed by atoms with Crippen LogP contribution in [0, 0.1) is 6.92 Å². The molecule has 0 spiro atoms. The lowest BCUT2D eigenvalue weighted by Crippen LogP contribution is -2.26. The van der Waals surface area contributed by atoms with E-state index in [1.54, 1.807) is 0 Å². The molecule has 0 saturated heterocycles. The van der Waals surface area contributed by atoms with Crippen molar-refractivity contribution in [3.8, 4) is 0 Å². The number of hydrogen-bond donors (Lipinski definition) is 0. The number of alkyl halides is 1. The zero-order valence-corrected chi connectivity index (χ0v) is 14.2. The van der Waals surface area contributed by atoms with Gasteiger partial charge in [-0.25, -0.2) is 0 Å². The molecule has 2 aromatic carbocycles. The first-order chi connectivity index (χ1) is 10.7. The van der Waals surface area contributed by atoms with E-state index in [0.717, 1.165) is 13.1 Å². The third-order valence-corrected chi connectivity index (χ3v) is 5.00. The zero-order valence-electron chi connectivity index (χ0n) is 13.5. The Morgan fingerprint density at radius 3 is 2.68 bits per heavy atom. The molecule has 0 amide bonds. The Morgan fingerprint density at radius 1 is 1.09 bits per heavy atom. The molecule has 0 heterocycles.